The van der Waals surface area contributed by atoms with Gasteiger partial charge in [-0.15, -0.1) is 0 Å². The van der Waals surface area contributed by atoms with E-state index in [0.717, 1.165) is 13.1 Å². The highest BCUT2D eigenvalue weighted by atomic mass is 35.5. The van der Waals surface area contributed by atoms with Crippen LogP contribution < -0.4 is 10.6 Å². The minimum absolute atomic E-state index is 0.0554. The second-order valence-electron chi connectivity index (χ2n) is 6.80. The number of likely N-dealkylation sites (tertiary alicyclic amines) is 1. The third-order valence-corrected chi connectivity index (χ3v) is 4.79. The van der Waals surface area contributed by atoms with Crippen molar-refractivity contribution in [3.8, 4) is 0 Å². The van der Waals surface area contributed by atoms with Gasteiger partial charge in [0.2, 0.25) is 5.91 Å². The summed E-state index contributed by atoms with van der Waals surface area (Å²) < 4.78 is 0. The van der Waals surface area contributed by atoms with Crippen LogP contribution in [0, 0.1) is 0 Å². The topological polar surface area (TPSA) is 61.4 Å². The molecule has 0 atom stereocenters. The fourth-order valence-electron chi connectivity index (χ4n) is 2.89. The Morgan fingerprint density at radius 2 is 1.79 bits per heavy atom. The van der Waals surface area contributed by atoms with Gasteiger partial charge in [-0.25, -0.2) is 0 Å². The smallest absolute Gasteiger partial charge is 0.253 e. The molecule has 0 saturated carbocycles. The zero-order chi connectivity index (χ0) is 17.6. The molecule has 2 amide bonds. The average Bonchev–Trinajstić information content (AvgIpc) is 2.59. The Morgan fingerprint density at radius 3 is 2.46 bits per heavy atom. The summed E-state index contributed by atoms with van der Waals surface area (Å²) in [4.78, 5) is 26.5. The molecule has 0 unspecified atom stereocenters. The van der Waals surface area contributed by atoms with E-state index in [0.29, 0.717) is 17.1 Å². The Hall–Kier alpha value is -1.59. The van der Waals surface area contributed by atoms with Crippen molar-refractivity contribution in [1.29, 1.82) is 0 Å². The zero-order valence-corrected chi connectivity index (χ0v) is 15.2. The molecule has 1 aromatic carbocycles. The highest BCUT2D eigenvalue weighted by molar-refractivity contribution is 6.33. The van der Waals surface area contributed by atoms with Gasteiger partial charge in [0.25, 0.3) is 5.91 Å². The van der Waals surface area contributed by atoms with Crippen molar-refractivity contribution in [1.82, 2.24) is 15.5 Å². The number of piperidine rings is 1. The molecule has 0 aromatic heterocycles. The number of hydrogen-bond acceptors (Lipinski definition) is 3. The minimum atomic E-state index is -0.342. The molecule has 2 rings (SSSR count). The summed E-state index contributed by atoms with van der Waals surface area (Å²) in [6.07, 6.45) is 3.71. The van der Waals surface area contributed by atoms with Crippen LogP contribution in [-0.2, 0) is 4.79 Å². The quantitative estimate of drug-likeness (QED) is 0.827. The van der Waals surface area contributed by atoms with Crippen LogP contribution in [0.2, 0.25) is 5.02 Å². The minimum Gasteiger partial charge on any atom is -0.353 e. The van der Waals surface area contributed by atoms with Gasteiger partial charge in [-0.2, -0.15) is 0 Å². The van der Waals surface area contributed by atoms with Crippen molar-refractivity contribution < 1.29 is 9.59 Å². The number of hydrogen-bond donors (Lipinski definition) is 2. The monoisotopic (exact) mass is 351 g/mol. The van der Waals surface area contributed by atoms with E-state index in [-0.39, 0.29) is 23.9 Å². The van der Waals surface area contributed by atoms with Gasteiger partial charge in [0.05, 0.1) is 17.1 Å². The van der Waals surface area contributed by atoms with Crippen LogP contribution in [0.25, 0.3) is 0 Å². The Kier molecular flexibility index (Phi) is 6.63. The molecule has 0 radical (unpaired) electrons. The lowest BCUT2D eigenvalue weighted by Crippen LogP contribution is -2.54. The molecule has 0 spiro atoms. The molecule has 0 aliphatic carbocycles. The van der Waals surface area contributed by atoms with E-state index in [4.69, 9.17) is 11.6 Å². The van der Waals surface area contributed by atoms with Gasteiger partial charge < -0.3 is 10.6 Å². The van der Waals surface area contributed by atoms with Crippen molar-refractivity contribution in [2.24, 2.45) is 0 Å². The highest BCUT2D eigenvalue weighted by Crippen LogP contribution is 2.19. The van der Waals surface area contributed by atoms with E-state index < -0.39 is 0 Å². The molecular formula is C18H26ClN3O2. The number of benzene rings is 1. The largest absolute Gasteiger partial charge is 0.353 e. The molecule has 2 N–H and O–H groups in total. The number of halogens is 1. The van der Waals surface area contributed by atoms with Crippen LogP contribution in [0.4, 0.5) is 0 Å². The van der Waals surface area contributed by atoms with Gasteiger partial charge in [0.1, 0.15) is 0 Å². The Labute approximate surface area is 148 Å². The number of nitrogens with one attached hydrogen (secondary N) is 2. The normalized spacial score (nSPS) is 15.8. The predicted octanol–water partition coefficient (Wildman–Crippen LogP) is 2.45. The summed E-state index contributed by atoms with van der Waals surface area (Å²) in [5.74, 6) is -0.536. The van der Waals surface area contributed by atoms with Crippen molar-refractivity contribution >= 4 is 23.4 Å². The van der Waals surface area contributed by atoms with E-state index >= 15 is 0 Å². The molecule has 0 bridgehead atoms. The summed E-state index contributed by atoms with van der Waals surface area (Å²) in [7, 11) is 0. The van der Waals surface area contributed by atoms with Gasteiger partial charge in [0, 0.05) is 12.1 Å². The average molecular weight is 352 g/mol. The summed E-state index contributed by atoms with van der Waals surface area (Å²) >= 11 is 5.97. The highest BCUT2D eigenvalue weighted by Gasteiger charge is 2.28. The summed E-state index contributed by atoms with van der Waals surface area (Å²) in [6.45, 7) is 6.94. The van der Waals surface area contributed by atoms with Gasteiger partial charge >= 0.3 is 0 Å². The molecular weight excluding hydrogens is 326 g/mol. The van der Waals surface area contributed by atoms with Gasteiger partial charge in [-0.1, -0.05) is 30.2 Å². The molecule has 132 valence electrons. The number of amides is 2. The lowest BCUT2D eigenvalue weighted by molar-refractivity contribution is -0.120. The van der Waals surface area contributed by atoms with E-state index in [1.54, 1.807) is 24.3 Å². The molecule has 1 aromatic rings. The Bertz CT molecular complexity index is 583. The van der Waals surface area contributed by atoms with Crippen molar-refractivity contribution in [2.75, 3.05) is 26.2 Å². The third kappa shape index (κ3) is 5.21. The van der Waals surface area contributed by atoms with Crippen LogP contribution in [0.5, 0.6) is 0 Å². The van der Waals surface area contributed by atoms with Crippen molar-refractivity contribution in [3.63, 3.8) is 0 Å². The Morgan fingerprint density at radius 1 is 1.12 bits per heavy atom. The summed E-state index contributed by atoms with van der Waals surface area (Å²) in [6, 6.07) is 6.78. The number of nitrogens with zero attached hydrogens (tertiary/aromatic N) is 1. The fraction of sp³-hybridized carbons (Fsp3) is 0.556. The van der Waals surface area contributed by atoms with E-state index in [1.807, 2.05) is 0 Å². The molecule has 1 heterocycles. The van der Waals surface area contributed by atoms with Gasteiger partial charge in [-0.05, 0) is 51.9 Å². The molecule has 1 aliphatic rings. The lowest BCUT2D eigenvalue weighted by Gasteiger charge is -2.41. The lowest BCUT2D eigenvalue weighted by atomic mass is 9.98. The molecule has 6 heteroatoms. The number of rotatable bonds is 6. The second kappa shape index (κ2) is 8.49. The zero-order valence-electron chi connectivity index (χ0n) is 14.4. The van der Waals surface area contributed by atoms with Crippen LogP contribution in [0.1, 0.15) is 43.5 Å². The van der Waals surface area contributed by atoms with E-state index in [9.17, 15) is 9.59 Å². The maximum Gasteiger partial charge on any atom is 0.253 e. The first-order valence-electron chi connectivity index (χ1n) is 8.44. The SMILES string of the molecule is CC(C)(CNC(=O)CNC(=O)c1ccccc1Cl)N1CCCCC1. The van der Waals surface area contributed by atoms with Crippen LogP contribution in [-0.4, -0.2) is 48.4 Å². The molecule has 1 aliphatic heterocycles. The molecule has 24 heavy (non-hydrogen) atoms. The third-order valence-electron chi connectivity index (χ3n) is 4.46. The van der Waals surface area contributed by atoms with Gasteiger partial charge in [0.15, 0.2) is 0 Å². The Balaban J connectivity index is 1.77. The van der Waals surface area contributed by atoms with Crippen LogP contribution in [0.15, 0.2) is 24.3 Å². The van der Waals surface area contributed by atoms with Crippen LogP contribution >= 0.6 is 11.6 Å². The second-order valence-corrected chi connectivity index (χ2v) is 7.21. The predicted molar refractivity (Wildman–Crippen MR) is 96.3 cm³/mol. The van der Waals surface area contributed by atoms with Gasteiger partial charge in [-0.3, -0.25) is 14.5 Å². The van der Waals surface area contributed by atoms with Crippen molar-refractivity contribution in [2.45, 2.75) is 38.6 Å². The molecule has 1 saturated heterocycles. The standard InChI is InChI=1S/C18H26ClN3O2/c1-18(2,22-10-6-3-7-11-22)13-21-16(23)12-20-17(24)14-8-4-5-9-15(14)19/h4-5,8-9H,3,6-7,10-13H2,1-2H3,(H,20,24)(H,21,23). The molecule has 5 nitrogen and oxygen atoms in total. The molecule has 1 fully saturated rings. The number of carbonyl (C=O) groups is 2. The summed E-state index contributed by atoms with van der Waals surface area (Å²) in [5, 5.41) is 5.90. The first-order valence-corrected chi connectivity index (χ1v) is 8.82. The maximum atomic E-state index is 12.0. The number of carbonyl (C=O) groups excluding carboxylic acids is 2. The van der Waals surface area contributed by atoms with Crippen molar-refractivity contribution in [3.05, 3.63) is 34.9 Å². The maximum absolute atomic E-state index is 12.0. The first-order chi connectivity index (χ1) is 11.4. The fourth-order valence-corrected chi connectivity index (χ4v) is 3.11. The first kappa shape index (κ1) is 18.7. The van der Waals surface area contributed by atoms with E-state index in [2.05, 4.69) is 29.4 Å². The van der Waals surface area contributed by atoms with E-state index in [1.165, 1.54) is 19.3 Å². The van der Waals surface area contributed by atoms with Crippen LogP contribution in [0.3, 0.4) is 0 Å². The summed E-state index contributed by atoms with van der Waals surface area (Å²) in [5.41, 5.74) is 0.295.